The molecule has 0 saturated carbocycles. The number of morpholine rings is 1. The maximum absolute atomic E-state index is 12.5. The highest BCUT2D eigenvalue weighted by Crippen LogP contribution is 2.35. The second-order valence-electron chi connectivity index (χ2n) is 9.74. The molecule has 5 rings (SSSR count). The molecular weight excluding hydrogens is 512 g/mol. The lowest BCUT2D eigenvalue weighted by Crippen LogP contribution is -2.38. The summed E-state index contributed by atoms with van der Waals surface area (Å²) in [5, 5.41) is 9.98. The number of aromatic nitrogens is 2. The Kier molecular flexibility index (Phi) is 8.54. The number of nitrogens with zero attached hydrogens (tertiary/aromatic N) is 4. The van der Waals surface area contributed by atoms with E-state index in [2.05, 4.69) is 16.7 Å². The number of phenols is 1. The van der Waals surface area contributed by atoms with Crippen molar-refractivity contribution >= 4 is 39.1 Å². The van der Waals surface area contributed by atoms with E-state index in [0.717, 1.165) is 52.4 Å². The summed E-state index contributed by atoms with van der Waals surface area (Å²) in [5.74, 6) is 8.66. The van der Waals surface area contributed by atoms with Crippen LogP contribution in [0.1, 0.15) is 37.5 Å². The summed E-state index contributed by atoms with van der Waals surface area (Å²) in [4.78, 5) is 38.9. The lowest BCUT2D eigenvalue weighted by molar-refractivity contribution is -0.133. The largest absolute Gasteiger partial charge is 0.508 e. The number of piperidine rings is 1. The fourth-order valence-electron chi connectivity index (χ4n) is 4.84. The molecule has 2 fully saturated rings. The van der Waals surface area contributed by atoms with E-state index < -0.39 is 0 Å². The lowest BCUT2D eigenvalue weighted by atomic mass is 9.97. The summed E-state index contributed by atoms with van der Waals surface area (Å²) in [7, 11) is 0. The Morgan fingerprint density at radius 2 is 1.92 bits per heavy atom. The van der Waals surface area contributed by atoms with Crippen molar-refractivity contribution in [3.05, 3.63) is 47.4 Å². The lowest BCUT2D eigenvalue weighted by Gasteiger charge is -2.29. The Balaban J connectivity index is 1.31. The number of phenolic OH excluding ortho intramolecular Hbond substituents is 1. The number of carbonyl (C=O) groups is 2. The van der Waals surface area contributed by atoms with Gasteiger partial charge in [-0.05, 0) is 44.0 Å². The smallest absolute Gasteiger partial charge is 0.223 e. The molecule has 2 saturated heterocycles. The van der Waals surface area contributed by atoms with Crippen LogP contribution in [-0.4, -0.2) is 71.1 Å². The second-order valence-corrected chi connectivity index (χ2v) is 10.8. The Hall–Kier alpha value is -3.74. The van der Waals surface area contributed by atoms with Crippen LogP contribution in [-0.2, 0) is 14.3 Å². The van der Waals surface area contributed by atoms with Gasteiger partial charge in [-0.1, -0.05) is 30.0 Å². The summed E-state index contributed by atoms with van der Waals surface area (Å²) in [5.41, 5.74) is 1.60. The first-order valence-corrected chi connectivity index (χ1v) is 14.2. The number of anilines is 1. The van der Waals surface area contributed by atoms with Gasteiger partial charge in [0, 0.05) is 50.5 Å². The third-order valence-corrected chi connectivity index (χ3v) is 7.99. The molecule has 4 heterocycles. The first-order chi connectivity index (χ1) is 19.0. The first kappa shape index (κ1) is 26.9. The number of likely N-dealkylation sites (tertiary alicyclic amines) is 1. The van der Waals surface area contributed by atoms with Gasteiger partial charge < -0.3 is 19.6 Å². The molecule has 8 nitrogen and oxygen atoms in total. The zero-order valence-electron chi connectivity index (χ0n) is 22.1. The Morgan fingerprint density at radius 3 is 2.67 bits per heavy atom. The van der Waals surface area contributed by atoms with Crippen LogP contribution < -0.4 is 4.90 Å². The predicted octanol–water partition coefficient (Wildman–Crippen LogP) is 4.42. The predicted molar refractivity (Wildman–Crippen MR) is 153 cm³/mol. The third kappa shape index (κ3) is 6.64. The number of rotatable bonds is 6. The van der Waals surface area contributed by atoms with E-state index in [0.29, 0.717) is 32.1 Å². The minimum atomic E-state index is -0.00885. The van der Waals surface area contributed by atoms with E-state index in [1.165, 1.54) is 6.08 Å². The fourth-order valence-corrected chi connectivity index (χ4v) is 5.82. The van der Waals surface area contributed by atoms with Crippen LogP contribution in [0.5, 0.6) is 5.75 Å². The van der Waals surface area contributed by atoms with E-state index in [-0.39, 0.29) is 36.2 Å². The molecule has 0 spiro atoms. The number of ketones is 1. The minimum absolute atomic E-state index is 0.00885. The summed E-state index contributed by atoms with van der Waals surface area (Å²) in [6, 6.07) is 9.02. The molecule has 0 atom stereocenters. The number of fused-ring (bicyclic) bond motifs is 1. The van der Waals surface area contributed by atoms with Gasteiger partial charge in [-0.2, -0.15) is 0 Å². The van der Waals surface area contributed by atoms with Crippen LogP contribution >= 0.6 is 11.3 Å². The van der Waals surface area contributed by atoms with Crippen molar-refractivity contribution < 1.29 is 19.4 Å². The standard InChI is InChI=1S/C30H32N4O4S/c1-2-4-23(35)8-10-27(37)33-13-11-21(12-14-33)7-9-25-20-26-28(39-25)30(34-15-17-38-18-16-34)32-29(31-26)22-5-3-6-24(36)19-22/h2-6,19-21,36H,8,10-18H2,1H3. The molecule has 0 aliphatic carbocycles. The van der Waals surface area contributed by atoms with Gasteiger partial charge in [-0.15, -0.1) is 11.3 Å². The van der Waals surface area contributed by atoms with E-state index in [1.807, 2.05) is 17.0 Å². The zero-order chi connectivity index (χ0) is 27.2. The highest BCUT2D eigenvalue weighted by atomic mass is 32.1. The number of allylic oxidation sites excluding steroid dienone is 2. The topological polar surface area (TPSA) is 95.9 Å². The number of thiophene rings is 1. The Bertz CT molecular complexity index is 1440. The summed E-state index contributed by atoms with van der Waals surface area (Å²) in [6.07, 6.45) is 5.40. The highest BCUT2D eigenvalue weighted by Gasteiger charge is 2.23. The first-order valence-electron chi connectivity index (χ1n) is 13.4. The van der Waals surface area contributed by atoms with Gasteiger partial charge >= 0.3 is 0 Å². The van der Waals surface area contributed by atoms with Crippen LogP contribution in [0.4, 0.5) is 5.82 Å². The molecule has 0 radical (unpaired) electrons. The number of aromatic hydroxyl groups is 1. The van der Waals surface area contributed by atoms with Crippen molar-refractivity contribution in [2.75, 3.05) is 44.3 Å². The van der Waals surface area contributed by atoms with E-state index in [9.17, 15) is 14.7 Å². The number of ether oxygens (including phenoxy) is 1. The number of hydrogen-bond donors (Lipinski definition) is 1. The minimum Gasteiger partial charge on any atom is -0.508 e. The summed E-state index contributed by atoms with van der Waals surface area (Å²) >= 11 is 1.60. The number of carbonyl (C=O) groups excluding carboxylic acids is 2. The molecule has 9 heteroatoms. The molecule has 0 bridgehead atoms. The van der Waals surface area contributed by atoms with Crippen LogP contribution in [0.25, 0.3) is 21.6 Å². The monoisotopic (exact) mass is 544 g/mol. The molecule has 2 aliphatic heterocycles. The number of hydrogen-bond acceptors (Lipinski definition) is 8. The van der Waals surface area contributed by atoms with E-state index in [1.54, 1.807) is 42.5 Å². The van der Waals surface area contributed by atoms with Crippen LogP contribution in [0.15, 0.2) is 42.5 Å². The number of benzene rings is 1. The van der Waals surface area contributed by atoms with Crippen molar-refractivity contribution in [2.45, 2.75) is 32.6 Å². The Morgan fingerprint density at radius 1 is 1.13 bits per heavy atom. The van der Waals surface area contributed by atoms with Gasteiger partial charge in [0.05, 0.1) is 28.3 Å². The van der Waals surface area contributed by atoms with Crippen molar-refractivity contribution in [2.24, 2.45) is 5.92 Å². The normalized spacial score (nSPS) is 16.4. The molecule has 3 aromatic rings. The quantitative estimate of drug-likeness (QED) is 0.363. The molecule has 2 aliphatic rings. The summed E-state index contributed by atoms with van der Waals surface area (Å²) in [6.45, 7) is 5.95. The van der Waals surface area contributed by atoms with Crippen LogP contribution in [0.3, 0.4) is 0 Å². The van der Waals surface area contributed by atoms with Crippen molar-refractivity contribution in [3.8, 4) is 29.0 Å². The fraction of sp³-hybridized carbons (Fsp3) is 0.400. The maximum atomic E-state index is 12.5. The Labute approximate surface area is 232 Å². The van der Waals surface area contributed by atoms with Gasteiger partial charge in [-0.3, -0.25) is 9.59 Å². The summed E-state index contributed by atoms with van der Waals surface area (Å²) < 4.78 is 6.55. The van der Waals surface area contributed by atoms with Gasteiger partial charge in [0.1, 0.15) is 5.75 Å². The van der Waals surface area contributed by atoms with Crippen molar-refractivity contribution in [1.82, 2.24) is 14.9 Å². The number of amides is 1. The van der Waals surface area contributed by atoms with E-state index >= 15 is 0 Å². The SMILES string of the molecule is CC=CC(=O)CCC(=O)N1CCC(C#Cc2cc3nc(-c4cccc(O)c4)nc(N4CCOCC4)c3s2)CC1. The average molecular weight is 545 g/mol. The van der Waals surface area contributed by atoms with Crippen molar-refractivity contribution in [1.29, 1.82) is 0 Å². The van der Waals surface area contributed by atoms with Gasteiger partial charge in [0.15, 0.2) is 17.4 Å². The molecule has 39 heavy (non-hydrogen) atoms. The average Bonchev–Trinajstić information content (AvgIpc) is 3.38. The van der Waals surface area contributed by atoms with Crippen LogP contribution in [0.2, 0.25) is 0 Å². The third-order valence-electron chi connectivity index (χ3n) is 6.95. The van der Waals surface area contributed by atoms with Gasteiger partial charge in [0.2, 0.25) is 5.91 Å². The molecular formula is C30H32N4O4S. The highest BCUT2D eigenvalue weighted by molar-refractivity contribution is 7.20. The van der Waals surface area contributed by atoms with Crippen LogP contribution in [0, 0.1) is 17.8 Å². The van der Waals surface area contributed by atoms with E-state index in [4.69, 9.17) is 14.7 Å². The maximum Gasteiger partial charge on any atom is 0.223 e. The molecule has 1 N–H and O–H groups in total. The van der Waals surface area contributed by atoms with Gasteiger partial charge in [0.25, 0.3) is 0 Å². The molecule has 2 aromatic heterocycles. The molecule has 0 unspecified atom stereocenters. The molecule has 202 valence electrons. The second kappa shape index (κ2) is 12.4. The van der Waals surface area contributed by atoms with Gasteiger partial charge in [-0.25, -0.2) is 9.97 Å². The zero-order valence-corrected chi connectivity index (χ0v) is 22.9. The van der Waals surface area contributed by atoms with Crippen molar-refractivity contribution in [3.63, 3.8) is 0 Å². The molecule has 1 amide bonds. The molecule has 1 aromatic carbocycles.